The van der Waals surface area contributed by atoms with Crippen LogP contribution in [0.1, 0.15) is 33.1 Å². The zero-order valence-electron chi connectivity index (χ0n) is 15.4. The van der Waals surface area contributed by atoms with E-state index in [2.05, 4.69) is 29.4 Å². The molecule has 1 aromatic carbocycles. The summed E-state index contributed by atoms with van der Waals surface area (Å²) in [5.74, 6) is 1.88. The monoisotopic (exact) mass is 376 g/mol. The summed E-state index contributed by atoms with van der Waals surface area (Å²) in [6.45, 7) is 4.48. The fourth-order valence-electron chi connectivity index (χ4n) is 3.46. The Kier molecular flexibility index (Phi) is 5.96. The van der Waals surface area contributed by atoms with Gasteiger partial charge in [0.1, 0.15) is 5.82 Å². The number of carbonyl (C=O) groups excluding carboxylic acids is 1. The maximum Gasteiger partial charge on any atom is 0.230 e. The second kappa shape index (κ2) is 8.20. The van der Waals surface area contributed by atoms with Crippen molar-refractivity contribution in [1.29, 1.82) is 0 Å². The Morgan fingerprint density at radius 2 is 2.00 bits per heavy atom. The molecule has 1 N–H and O–H groups in total. The summed E-state index contributed by atoms with van der Waals surface area (Å²) in [7, 11) is 1.85. The molecule has 7 heteroatoms. The molecule has 26 heavy (non-hydrogen) atoms. The molecule has 2 aromatic rings. The number of benzene rings is 1. The van der Waals surface area contributed by atoms with Crippen LogP contribution in [0.5, 0.6) is 0 Å². The van der Waals surface area contributed by atoms with E-state index in [0.717, 1.165) is 12.0 Å². The number of aromatic nitrogens is 3. The van der Waals surface area contributed by atoms with Crippen molar-refractivity contribution in [2.75, 3.05) is 5.75 Å². The summed E-state index contributed by atoms with van der Waals surface area (Å²) < 4.78 is 14.9. The predicted octanol–water partition coefficient (Wildman–Crippen LogP) is 3.65. The van der Waals surface area contributed by atoms with E-state index in [1.807, 2.05) is 11.6 Å². The van der Waals surface area contributed by atoms with Gasteiger partial charge in [0, 0.05) is 18.7 Å². The number of nitrogens with one attached hydrogen (secondary N) is 1. The molecule has 1 aliphatic carbocycles. The third-order valence-electron chi connectivity index (χ3n) is 5.32. The SMILES string of the molecule is C[C@@H]1[C@H](C)CCC[C@H]1NC(=O)CSc1nnc(-c2ccc(F)cc2)n1C. The molecule has 0 aliphatic heterocycles. The summed E-state index contributed by atoms with van der Waals surface area (Å²) in [5, 5.41) is 12.2. The van der Waals surface area contributed by atoms with Crippen molar-refractivity contribution >= 4 is 17.7 Å². The standard InChI is InChI=1S/C19H25FN4OS/c1-12-5-4-6-16(13(12)2)21-17(25)11-26-19-23-22-18(24(19)3)14-7-9-15(20)10-8-14/h7-10,12-13,16H,4-6,11H2,1-3H3,(H,21,25)/t12-,13-,16-/m1/s1. The zero-order valence-corrected chi connectivity index (χ0v) is 16.2. The van der Waals surface area contributed by atoms with Crippen LogP contribution in [0.4, 0.5) is 4.39 Å². The molecule has 0 bridgehead atoms. The predicted molar refractivity (Wildman–Crippen MR) is 101 cm³/mol. The van der Waals surface area contributed by atoms with Crippen LogP contribution in [0.25, 0.3) is 11.4 Å². The van der Waals surface area contributed by atoms with Crippen molar-refractivity contribution in [1.82, 2.24) is 20.1 Å². The minimum Gasteiger partial charge on any atom is -0.352 e. The van der Waals surface area contributed by atoms with Gasteiger partial charge in [0.15, 0.2) is 11.0 Å². The largest absolute Gasteiger partial charge is 0.352 e. The molecule has 0 unspecified atom stereocenters. The highest BCUT2D eigenvalue weighted by Gasteiger charge is 2.28. The summed E-state index contributed by atoms with van der Waals surface area (Å²) in [6.07, 6.45) is 3.47. The van der Waals surface area contributed by atoms with Crippen LogP contribution in [-0.2, 0) is 11.8 Å². The van der Waals surface area contributed by atoms with Gasteiger partial charge in [-0.1, -0.05) is 38.5 Å². The summed E-state index contributed by atoms with van der Waals surface area (Å²) in [4.78, 5) is 12.3. The van der Waals surface area contributed by atoms with Gasteiger partial charge in [0.2, 0.25) is 5.91 Å². The molecule has 1 fully saturated rings. The van der Waals surface area contributed by atoms with Gasteiger partial charge in [-0.25, -0.2) is 4.39 Å². The third kappa shape index (κ3) is 4.26. The number of amides is 1. The van der Waals surface area contributed by atoms with E-state index in [4.69, 9.17) is 0 Å². The van der Waals surface area contributed by atoms with Crippen molar-refractivity contribution in [3.63, 3.8) is 0 Å². The van der Waals surface area contributed by atoms with E-state index in [-0.39, 0.29) is 17.8 Å². The van der Waals surface area contributed by atoms with Crippen molar-refractivity contribution in [3.05, 3.63) is 30.1 Å². The van der Waals surface area contributed by atoms with Gasteiger partial charge in [-0.3, -0.25) is 4.79 Å². The average Bonchev–Trinajstić information content (AvgIpc) is 2.99. The van der Waals surface area contributed by atoms with Crippen LogP contribution >= 0.6 is 11.8 Å². The Hall–Kier alpha value is -1.89. The minimum absolute atomic E-state index is 0.0345. The molecule has 3 atom stereocenters. The molecule has 1 aromatic heterocycles. The number of hydrogen-bond acceptors (Lipinski definition) is 4. The number of hydrogen-bond donors (Lipinski definition) is 1. The van der Waals surface area contributed by atoms with Crippen molar-refractivity contribution in [2.45, 2.75) is 44.3 Å². The topological polar surface area (TPSA) is 59.8 Å². The molecule has 1 saturated carbocycles. The van der Waals surface area contributed by atoms with Crippen LogP contribution in [0.2, 0.25) is 0 Å². The lowest BCUT2D eigenvalue weighted by Gasteiger charge is -2.34. The Morgan fingerprint density at radius 3 is 2.73 bits per heavy atom. The molecule has 140 valence electrons. The molecule has 0 radical (unpaired) electrons. The van der Waals surface area contributed by atoms with Gasteiger partial charge >= 0.3 is 0 Å². The first-order chi connectivity index (χ1) is 12.5. The van der Waals surface area contributed by atoms with Crippen molar-refractivity contribution < 1.29 is 9.18 Å². The fraction of sp³-hybridized carbons (Fsp3) is 0.526. The van der Waals surface area contributed by atoms with Gasteiger partial charge in [0.25, 0.3) is 0 Å². The van der Waals surface area contributed by atoms with E-state index in [0.29, 0.717) is 28.6 Å². The summed E-state index contributed by atoms with van der Waals surface area (Å²) >= 11 is 1.37. The Balaban J connectivity index is 1.58. The highest BCUT2D eigenvalue weighted by atomic mass is 32.2. The first-order valence-corrected chi connectivity index (χ1v) is 10.0. The van der Waals surface area contributed by atoms with E-state index >= 15 is 0 Å². The maximum absolute atomic E-state index is 13.1. The Bertz CT molecular complexity index is 761. The molecule has 1 aliphatic rings. The smallest absolute Gasteiger partial charge is 0.230 e. The number of halogens is 1. The molecule has 5 nitrogen and oxygen atoms in total. The maximum atomic E-state index is 13.1. The van der Waals surface area contributed by atoms with Gasteiger partial charge in [0.05, 0.1) is 5.75 Å². The molecular formula is C19H25FN4OS. The lowest BCUT2D eigenvalue weighted by Crippen LogP contribution is -2.44. The first kappa shape index (κ1) is 18.9. The lowest BCUT2D eigenvalue weighted by molar-refractivity contribution is -0.120. The van der Waals surface area contributed by atoms with E-state index in [1.165, 1.54) is 36.7 Å². The van der Waals surface area contributed by atoms with E-state index < -0.39 is 0 Å². The lowest BCUT2D eigenvalue weighted by atomic mass is 9.78. The number of thioether (sulfide) groups is 1. The molecule has 3 rings (SSSR count). The van der Waals surface area contributed by atoms with Crippen LogP contribution in [0.3, 0.4) is 0 Å². The highest BCUT2D eigenvalue weighted by Crippen LogP contribution is 2.29. The van der Waals surface area contributed by atoms with E-state index in [9.17, 15) is 9.18 Å². The molecule has 1 amide bonds. The molecule has 1 heterocycles. The fourth-order valence-corrected chi connectivity index (χ4v) is 4.18. The third-order valence-corrected chi connectivity index (χ3v) is 6.34. The first-order valence-electron chi connectivity index (χ1n) is 9.03. The van der Waals surface area contributed by atoms with Gasteiger partial charge in [-0.05, 0) is 42.5 Å². The molecule has 0 saturated heterocycles. The number of nitrogens with zero attached hydrogens (tertiary/aromatic N) is 3. The van der Waals surface area contributed by atoms with Crippen LogP contribution in [0.15, 0.2) is 29.4 Å². The quantitative estimate of drug-likeness (QED) is 0.809. The summed E-state index contributed by atoms with van der Waals surface area (Å²) in [6, 6.07) is 6.41. The van der Waals surface area contributed by atoms with E-state index in [1.54, 1.807) is 12.1 Å². The number of carbonyl (C=O) groups is 1. The van der Waals surface area contributed by atoms with Crippen LogP contribution in [0, 0.1) is 17.7 Å². The Morgan fingerprint density at radius 1 is 1.27 bits per heavy atom. The highest BCUT2D eigenvalue weighted by molar-refractivity contribution is 7.99. The average molecular weight is 377 g/mol. The van der Waals surface area contributed by atoms with Crippen LogP contribution < -0.4 is 5.32 Å². The zero-order chi connectivity index (χ0) is 18.7. The second-order valence-corrected chi connectivity index (χ2v) is 8.04. The van der Waals surface area contributed by atoms with Crippen molar-refractivity contribution in [3.8, 4) is 11.4 Å². The molecule has 0 spiro atoms. The van der Waals surface area contributed by atoms with Crippen LogP contribution in [-0.4, -0.2) is 32.5 Å². The minimum atomic E-state index is -0.284. The second-order valence-electron chi connectivity index (χ2n) is 7.10. The van der Waals surface area contributed by atoms with Gasteiger partial charge < -0.3 is 9.88 Å². The summed E-state index contributed by atoms with van der Waals surface area (Å²) in [5.41, 5.74) is 0.794. The van der Waals surface area contributed by atoms with Gasteiger partial charge in [-0.15, -0.1) is 10.2 Å². The molecular weight excluding hydrogens is 351 g/mol. The van der Waals surface area contributed by atoms with Gasteiger partial charge in [-0.2, -0.15) is 0 Å². The normalized spacial score (nSPS) is 23.0. The Labute approximate surface area is 157 Å². The number of rotatable bonds is 5. The van der Waals surface area contributed by atoms with Crippen molar-refractivity contribution in [2.24, 2.45) is 18.9 Å².